The molecule has 1 aromatic carbocycles. The van der Waals surface area contributed by atoms with Crippen molar-refractivity contribution in [1.29, 1.82) is 0 Å². The quantitative estimate of drug-likeness (QED) is 0.686. The van der Waals surface area contributed by atoms with Gasteiger partial charge in [0, 0.05) is 18.0 Å². The van der Waals surface area contributed by atoms with Gasteiger partial charge in [-0.25, -0.2) is 4.98 Å². The predicted octanol–water partition coefficient (Wildman–Crippen LogP) is 3.47. The van der Waals surface area contributed by atoms with Gasteiger partial charge in [0.05, 0.1) is 11.7 Å². The Morgan fingerprint density at radius 3 is 3.00 bits per heavy atom. The van der Waals surface area contributed by atoms with Crippen molar-refractivity contribution < 1.29 is 0 Å². The molecule has 2 heterocycles. The third-order valence-corrected chi connectivity index (χ3v) is 3.26. The maximum Gasteiger partial charge on any atom is 0.146 e. The van der Waals surface area contributed by atoms with Crippen LogP contribution in [0, 0.1) is 6.92 Å². The molecule has 84 valence electrons. The summed E-state index contributed by atoms with van der Waals surface area (Å²) in [5.41, 5.74) is 3.31. The Kier molecular flexibility index (Phi) is 2.44. The molecule has 0 radical (unpaired) electrons. The molecule has 0 N–H and O–H groups in total. The van der Waals surface area contributed by atoms with Gasteiger partial charge in [-0.15, -0.1) is 0 Å². The largest absolute Gasteiger partial charge is 0.296 e. The Bertz CT molecular complexity index is 688. The standard InChI is InChI=1S/C13H10BrN3/c1-9-3-2-4-10(7-9)13-16-12(14)11-8-15-5-6-17(11)13/h2-8H,1H3. The molecule has 17 heavy (non-hydrogen) atoms. The van der Waals surface area contributed by atoms with E-state index in [0.717, 1.165) is 21.5 Å². The Hall–Kier alpha value is -1.68. The highest BCUT2D eigenvalue weighted by atomic mass is 79.9. The second kappa shape index (κ2) is 3.96. The molecule has 0 unspecified atom stereocenters. The highest BCUT2D eigenvalue weighted by Gasteiger charge is 2.10. The first-order valence-electron chi connectivity index (χ1n) is 5.30. The topological polar surface area (TPSA) is 30.2 Å². The van der Waals surface area contributed by atoms with Gasteiger partial charge in [0.2, 0.25) is 0 Å². The summed E-state index contributed by atoms with van der Waals surface area (Å²) in [4.78, 5) is 8.65. The number of hydrogen-bond donors (Lipinski definition) is 0. The average molecular weight is 288 g/mol. The van der Waals surface area contributed by atoms with Crippen molar-refractivity contribution in [3.05, 3.63) is 53.0 Å². The molecule has 4 heteroatoms. The van der Waals surface area contributed by atoms with Crippen LogP contribution in [0.4, 0.5) is 0 Å². The van der Waals surface area contributed by atoms with Gasteiger partial charge in [-0.2, -0.15) is 0 Å². The maximum atomic E-state index is 4.54. The Balaban J connectivity index is 2.31. The molecule has 0 bridgehead atoms. The number of rotatable bonds is 1. The first-order chi connectivity index (χ1) is 8.25. The number of fused-ring (bicyclic) bond motifs is 1. The van der Waals surface area contributed by atoms with Gasteiger partial charge < -0.3 is 0 Å². The van der Waals surface area contributed by atoms with Crippen molar-refractivity contribution in [2.24, 2.45) is 0 Å². The molecule has 0 fully saturated rings. The highest BCUT2D eigenvalue weighted by molar-refractivity contribution is 9.10. The van der Waals surface area contributed by atoms with E-state index >= 15 is 0 Å². The van der Waals surface area contributed by atoms with E-state index in [1.807, 2.05) is 16.7 Å². The van der Waals surface area contributed by atoms with Crippen LogP contribution < -0.4 is 0 Å². The van der Waals surface area contributed by atoms with E-state index in [1.54, 1.807) is 12.4 Å². The minimum atomic E-state index is 0.821. The van der Waals surface area contributed by atoms with Crippen molar-refractivity contribution in [1.82, 2.24) is 14.4 Å². The van der Waals surface area contributed by atoms with Crippen LogP contribution in [0.15, 0.2) is 47.5 Å². The van der Waals surface area contributed by atoms with Crippen LogP contribution >= 0.6 is 15.9 Å². The van der Waals surface area contributed by atoms with Crippen LogP contribution in [0.2, 0.25) is 0 Å². The number of aromatic nitrogens is 3. The predicted molar refractivity (Wildman–Crippen MR) is 70.9 cm³/mol. The summed E-state index contributed by atoms with van der Waals surface area (Å²) >= 11 is 3.46. The van der Waals surface area contributed by atoms with E-state index in [9.17, 15) is 0 Å². The van der Waals surface area contributed by atoms with Crippen LogP contribution in [-0.4, -0.2) is 14.4 Å². The summed E-state index contributed by atoms with van der Waals surface area (Å²) in [5.74, 6) is 0.929. The van der Waals surface area contributed by atoms with E-state index < -0.39 is 0 Å². The summed E-state index contributed by atoms with van der Waals surface area (Å²) in [6.07, 6.45) is 5.49. The summed E-state index contributed by atoms with van der Waals surface area (Å²) in [6.45, 7) is 2.08. The summed E-state index contributed by atoms with van der Waals surface area (Å²) < 4.78 is 2.85. The van der Waals surface area contributed by atoms with E-state index in [1.165, 1.54) is 5.56 Å². The van der Waals surface area contributed by atoms with Crippen LogP contribution in [0.3, 0.4) is 0 Å². The van der Waals surface area contributed by atoms with Crippen LogP contribution in [0.25, 0.3) is 16.9 Å². The van der Waals surface area contributed by atoms with Crippen molar-refractivity contribution >= 4 is 21.4 Å². The Labute approximate surface area is 107 Å². The third-order valence-electron chi connectivity index (χ3n) is 2.68. The van der Waals surface area contributed by atoms with Gasteiger partial charge in [0.25, 0.3) is 0 Å². The maximum absolute atomic E-state index is 4.54. The number of hydrogen-bond acceptors (Lipinski definition) is 2. The zero-order valence-corrected chi connectivity index (χ0v) is 10.8. The van der Waals surface area contributed by atoms with Gasteiger partial charge >= 0.3 is 0 Å². The van der Waals surface area contributed by atoms with Crippen molar-refractivity contribution in [3.63, 3.8) is 0 Å². The molecule has 0 saturated carbocycles. The monoisotopic (exact) mass is 287 g/mol. The lowest BCUT2D eigenvalue weighted by Gasteiger charge is -2.01. The number of benzene rings is 1. The zero-order valence-electron chi connectivity index (χ0n) is 9.26. The van der Waals surface area contributed by atoms with Gasteiger partial charge in [-0.1, -0.05) is 23.8 Å². The van der Waals surface area contributed by atoms with Gasteiger partial charge in [-0.05, 0) is 28.9 Å². The molecule has 0 aliphatic carbocycles. The molecule has 2 aromatic heterocycles. The van der Waals surface area contributed by atoms with Gasteiger partial charge in [-0.3, -0.25) is 9.38 Å². The number of aryl methyl sites for hydroxylation is 1. The van der Waals surface area contributed by atoms with Gasteiger partial charge in [0.15, 0.2) is 0 Å². The number of nitrogens with zero attached hydrogens (tertiary/aromatic N) is 3. The Morgan fingerprint density at radius 2 is 2.18 bits per heavy atom. The molecular weight excluding hydrogens is 278 g/mol. The minimum absolute atomic E-state index is 0.821. The molecule has 0 saturated heterocycles. The van der Waals surface area contributed by atoms with Crippen molar-refractivity contribution in [3.8, 4) is 11.4 Å². The lowest BCUT2D eigenvalue weighted by Crippen LogP contribution is -1.89. The van der Waals surface area contributed by atoms with E-state index in [0.29, 0.717) is 0 Å². The lowest BCUT2D eigenvalue weighted by molar-refractivity contribution is 1.12. The van der Waals surface area contributed by atoms with Crippen LogP contribution in [0.1, 0.15) is 5.56 Å². The van der Waals surface area contributed by atoms with E-state index in [4.69, 9.17) is 0 Å². The molecule has 3 aromatic rings. The Morgan fingerprint density at radius 1 is 1.29 bits per heavy atom. The second-order valence-corrected chi connectivity index (χ2v) is 4.68. The highest BCUT2D eigenvalue weighted by Crippen LogP contribution is 2.25. The summed E-state index contributed by atoms with van der Waals surface area (Å²) in [6, 6.07) is 8.31. The fourth-order valence-electron chi connectivity index (χ4n) is 1.89. The lowest BCUT2D eigenvalue weighted by atomic mass is 10.1. The second-order valence-electron chi connectivity index (χ2n) is 3.93. The van der Waals surface area contributed by atoms with Crippen molar-refractivity contribution in [2.75, 3.05) is 0 Å². The first-order valence-corrected chi connectivity index (χ1v) is 6.09. The smallest absolute Gasteiger partial charge is 0.146 e. The molecule has 3 rings (SSSR count). The zero-order chi connectivity index (χ0) is 11.8. The minimum Gasteiger partial charge on any atom is -0.296 e. The molecule has 0 aliphatic heterocycles. The first kappa shape index (κ1) is 10.5. The van der Waals surface area contributed by atoms with Crippen LogP contribution in [0.5, 0.6) is 0 Å². The SMILES string of the molecule is Cc1cccc(-c2nc(Br)c3cnccn23)c1. The summed E-state index contributed by atoms with van der Waals surface area (Å²) in [7, 11) is 0. The van der Waals surface area contributed by atoms with E-state index in [2.05, 4.69) is 51.0 Å². The molecule has 0 aliphatic rings. The van der Waals surface area contributed by atoms with Crippen molar-refractivity contribution in [2.45, 2.75) is 6.92 Å². The third kappa shape index (κ3) is 1.74. The van der Waals surface area contributed by atoms with Gasteiger partial charge in [0.1, 0.15) is 10.4 Å². The molecule has 0 amide bonds. The molecule has 3 nitrogen and oxygen atoms in total. The normalized spacial score (nSPS) is 10.9. The number of imidazole rings is 1. The fraction of sp³-hybridized carbons (Fsp3) is 0.0769. The summed E-state index contributed by atoms with van der Waals surface area (Å²) in [5, 5.41) is 0. The molecular formula is C13H10BrN3. The van der Waals surface area contributed by atoms with E-state index in [-0.39, 0.29) is 0 Å². The molecule has 0 spiro atoms. The average Bonchev–Trinajstić information content (AvgIpc) is 2.68. The number of halogens is 1. The fourth-order valence-corrected chi connectivity index (χ4v) is 2.35. The van der Waals surface area contributed by atoms with Crippen LogP contribution in [-0.2, 0) is 0 Å². The molecule has 0 atom stereocenters.